The molecular formula is C22H23ClN6O2S. The summed E-state index contributed by atoms with van der Waals surface area (Å²) in [6, 6.07) is 15.6. The molecule has 1 amide bonds. The molecule has 166 valence electrons. The highest BCUT2D eigenvalue weighted by molar-refractivity contribution is 8.14. The molecule has 0 spiro atoms. The summed E-state index contributed by atoms with van der Waals surface area (Å²) in [7, 11) is 1.67. The number of nitrogens with zero attached hydrogens (tertiary/aromatic N) is 3. The molecule has 3 atom stereocenters. The molecule has 1 saturated heterocycles. The number of hydrazine groups is 1. The first kappa shape index (κ1) is 21.0. The fourth-order valence-electron chi connectivity index (χ4n) is 4.06. The van der Waals surface area contributed by atoms with Crippen LogP contribution in [0, 0.1) is 0 Å². The molecule has 0 aromatic heterocycles. The van der Waals surface area contributed by atoms with Crippen LogP contribution in [0.5, 0.6) is 5.75 Å². The van der Waals surface area contributed by atoms with E-state index < -0.39 is 0 Å². The molecule has 3 unspecified atom stereocenters. The van der Waals surface area contributed by atoms with Crippen LogP contribution in [0.1, 0.15) is 18.0 Å². The highest BCUT2D eigenvalue weighted by atomic mass is 35.5. The van der Waals surface area contributed by atoms with Crippen LogP contribution >= 0.6 is 23.4 Å². The average molecular weight is 471 g/mol. The Hall–Kier alpha value is -2.88. The number of fused-ring (bicyclic) bond motifs is 3. The van der Waals surface area contributed by atoms with Crippen molar-refractivity contribution in [2.45, 2.75) is 24.7 Å². The summed E-state index contributed by atoms with van der Waals surface area (Å²) in [6.07, 6.45) is 4.96. The zero-order valence-corrected chi connectivity index (χ0v) is 18.9. The van der Waals surface area contributed by atoms with Gasteiger partial charge in [0, 0.05) is 23.1 Å². The van der Waals surface area contributed by atoms with E-state index >= 15 is 0 Å². The van der Waals surface area contributed by atoms with Crippen molar-refractivity contribution in [3.8, 4) is 5.75 Å². The summed E-state index contributed by atoms with van der Waals surface area (Å²) in [6.45, 7) is 0. The Kier molecular flexibility index (Phi) is 5.86. The van der Waals surface area contributed by atoms with Gasteiger partial charge in [-0.25, -0.2) is 5.43 Å². The van der Waals surface area contributed by atoms with E-state index in [-0.39, 0.29) is 29.9 Å². The van der Waals surface area contributed by atoms with Crippen molar-refractivity contribution in [3.05, 3.63) is 71.5 Å². The third kappa shape index (κ3) is 4.23. The van der Waals surface area contributed by atoms with Crippen LogP contribution in [0.4, 0.5) is 5.69 Å². The first-order valence-electron chi connectivity index (χ1n) is 10.3. The minimum Gasteiger partial charge on any atom is -0.497 e. The minimum absolute atomic E-state index is 0.0116. The van der Waals surface area contributed by atoms with Crippen LogP contribution < -0.4 is 20.9 Å². The Morgan fingerprint density at radius 2 is 2.00 bits per heavy atom. The number of hydrazone groups is 1. The quantitative estimate of drug-likeness (QED) is 0.618. The fraction of sp³-hybridized carbons (Fsp3) is 0.273. The predicted octanol–water partition coefficient (Wildman–Crippen LogP) is 3.33. The maximum atomic E-state index is 12.3. The van der Waals surface area contributed by atoms with Crippen LogP contribution in [0.3, 0.4) is 0 Å². The number of rotatable bonds is 5. The first-order chi connectivity index (χ1) is 15.6. The van der Waals surface area contributed by atoms with Crippen LogP contribution in [-0.4, -0.2) is 46.1 Å². The Balaban J connectivity index is 1.17. The number of amides is 1. The molecule has 2 aromatic rings. The van der Waals surface area contributed by atoms with E-state index in [1.165, 1.54) is 17.3 Å². The van der Waals surface area contributed by atoms with Gasteiger partial charge in [-0.3, -0.25) is 10.2 Å². The Labute approximate surface area is 195 Å². The number of halogens is 1. The highest BCUT2D eigenvalue weighted by Gasteiger charge is 2.44. The molecule has 3 heterocycles. The van der Waals surface area contributed by atoms with E-state index in [1.54, 1.807) is 31.4 Å². The summed E-state index contributed by atoms with van der Waals surface area (Å²) in [5.74, 6) is 1.03. The number of amidine groups is 1. The zero-order chi connectivity index (χ0) is 22.1. The second-order valence-corrected chi connectivity index (χ2v) is 9.06. The van der Waals surface area contributed by atoms with Crippen LogP contribution in [0.25, 0.3) is 0 Å². The largest absolute Gasteiger partial charge is 0.497 e. The maximum absolute atomic E-state index is 12.3. The van der Waals surface area contributed by atoms with Gasteiger partial charge in [0.2, 0.25) is 5.91 Å². The predicted molar refractivity (Wildman–Crippen MR) is 127 cm³/mol. The molecule has 0 saturated carbocycles. The number of anilines is 1. The number of ether oxygens (including phenoxy) is 1. The molecular weight excluding hydrogens is 448 g/mol. The topological polar surface area (TPSA) is 81.2 Å². The van der Waals surface area contributed by atoms with E-state index in [2.05, 4.69) is 43.3 Å². The van der Waals surface area contributed by atoms with Gasteiger partial charge in [0.05, 0.1) is 24.9 Å². The lowest BCUT2D eigenvalue weighted by atomic mass is 10.00. The maximum Gasteiger partial charge on any atom is 0.234 e. The summed E-state index contributed by atoms with van der Waals surface area (Å²) < 4.78 is 5.26. The highest BCUT2D eigenvalue weighted by Crippen LogP contribution is 2.35. The van der Waals surface area contributed by atoms with Crippen molar-refractivity contribution in [1.82, 2.24) is 20.8 Å². The molecule has 2 aromatic carbocycles. The summed E-state index contributed by atoms with van der Waals surface area (Å²) in [5.41, 5.74) is 8.74. The lowest BCUT2D eigenvalue weighted by Crippen LogP contribution is -2.54. The Bertz CT molecular complexity index is 1050. The van der Waals surface area contributed by atoms with Gasteiger partial charge in [0.1, 0.15) is 11.9 Å². The average Bonchev–Trinajstić information content (AvgIpc) is 3.43. The first-order valence-corrected chi connectivity index (χ1v) is 11.6. The number of benzene rings is 2. The lowest BCUT2D eigenvalue weighted by Gasteiger charge is -2.36. The molecule has 3 aliphatic rings. The Morgan fingerprint density at radius 1 is 1.22 bits per heavy atom. The van der Waals surface area contributed by atoms with Gasteiger partial charge in [-0.2, -0.15) is 5.10 Å². The van der Waals surface area contributed by atoms with Gasteiger partial charge in [0.15, 0.2) is 5.17 Å². The third-order valence-corrected chi connectivity index (χ3v) is 6.90. The van der Waals surface area contributed by atoms with Crippen LogP contribution in [0.15, 0.2) is 66.0 Å². The van der Waals surface area contributed by atoms with Crippen LogP contribution in [-0.2, 0) is 4.79 Å². The van der Waals surface area contributed by atoms with Crippen LogP contribution in [0.2, 0.25) is 5.02 Å². The molecule has 0 aliphatic carbocycles. The second kappa shape index (κ2) is 8.93. The monoisotopic (exact) mass is 470 g/mol. The van der Waals surface area contributed by atoms with Gasteiger partial charge >= 0.3 is 0 Å². The lowest BCUT2D eigenvalue weighted by molar-refractivity contribution is -0.113. The van der Waals surface area contributed by atoms with Crippen molar-refractivity contribution < 1.29 is 9.53 Å². The van der Waals surface area contributed by atoms with E-state index in [4.69, 9.17) is 16.3 Å². The standard InChI is InChI=1S/C22H23ClN6O2S/c1-31-17-8-2-14(3-9-17)18-12-19-21-25-26-22(28(21)10-11-29(19)27-18)32-13-20(30)24-16-6-4-15(23)5-7-16/h2-11,18-19,21,25,27H,12-13H2,1H3,(H,24,30). The van der Waals surface area contributed by atoms with Crippen molar-refractivity contribution in [1.29, 1.82) is 0 Å². The third-order valence-electron chi connectivity index (χ3n) is 5.68. The number of methoxy groups -OCH3 is 1. The minimum atomic E-state index is -0.0896. The van der Waals surface area contributed by atoms with Crippen molar-refractivity contribution in [3.63, 3.8) is 0 Å². The van der Waals surface area contributed by atoms with Gasteiger partial charge in [0.25, 0.3) is 0 Å². The molecule has 3 N–H and O–H groups in total. The molecule has 8 nitrogen and oxygen atoms in total. The van der Waals surface area contributed by atoms with Gasteiger partial charge < -0.3 is 20.0 Å². The molecule has 3 aliphatic heterocycles. The number of carbonyl (C=O) groups is 1. The second-order valence-electron chi connectivity index (χ2n) is 7.68. The number of carbonyl (C=O) groups excluding carboxylic acids is 1. The van der Waals surface area contributed by atoms with E-state index in [0.717, 1.165) is 23.0 Å². The number of nitrogens with one attached hydrogen (secondary N) is 3. The number of hydrogen-bond acceptors (Lipinski definition) is 8. The molecule has 32 heavy (non-hydrogen) atoms. The summed E-state index contributed by atoms with van der Waals surface area (Å²) in [5, 5.41) is 10.9. The molecule has 0 bridgehead atoms. The zero-order valence-electron chi connectivity index (χ0n) is 17.4. The molecule has 1 fully saturated rings. The van der Waals surface area contributed by atoms with Gasteiger partial charge in [-0.1, -0.05) is 35.5 Å². The fourth-order valence-corrected chi connectivity index (χ4v) is 4.96. The molecule has 5 rings (SSSR count). The molecule has 0 radical (unpaired) electrons. The van der Waals surface area contributed by atoms with Gasteiger partial charge in [-0.05, 0) is 48.4 Å². The normalized spacial score (nSPS) is 23.3. The summed E-state index contributed by atoms with van der Waals surface area (Å²) >= 11 is 7.30. The number of thioether (sulfide) groups is 1. The van der Waals surface area contributed by atoms with E-state index in [1.807, 2.05) is 24.5 Å². The Morgan fingerprint density at radius 3 is 2.75 bits per heavy atom. The van der Waals surface area contributed by atoms with Crippen molar-refractivity contribution in [2.75, 3.05) is 18.2 Å². The number of hydrogen-bond donors (Lipinski definition) is 3. The van der Waals surface area contributed by atoms with E-state index in [0.29, 0.717) is 5.02 Å². The smallest absolute Gasteiger partial charge is 0.234 e. The van der Waals surface area contributed by atoms with Gasteiger partial charge in [-0.15, -0.1) is 0 Å². The van der Waals surface area contributed by atoms with Crippen molar-refractivity contribution in [2.24, 2.45) is 5.10 Å². The van der Waals surface area contributed by atoms with Crippen molar-refractivity contribution >= 4 is 40.1 Å². The summed E-state index contributed by atoms with van der Waals surface area (Å²) in [4.78, 5) is 14.4. The van der Waals surface area contributed by atoms with E-state index in [9.17, 15) is 4.79 Å². The SMILES string of the molecule is COc1ccc(C2CC3C4NN=C(SCC(=O)Nc5ccc(Cl)cc5)N4C=CN3N2)cc1. The molecule has 10 heteroatoms.